The Morgan fingerprint density at radius 3 is 2.76 bits per heavy atom. The zero-order valence-corrected chi connectivity index (χ0v) is 10.7. The van der Waals surface area contributed by atoms with Gasteiger partial charge in [-0.05, 0) is 31.9 Å². The van der Waals surface area contributed by atoms with Crippen molar-refractivity contribution < 1.29 is 9.53 Å². The van der Waals surface area contributed by atoms with Gasteiger partial charge in [0.15, 0.2) is 0 Å². The van der Waals surface area contributed by atoms with E-state index in [4.69, 9.17) is 4.74 Å². The van der Waals surface area contributed by atoms with Gasteiger partial charge in [0.05, 0.1) is 12.5 Å². The minimum absolute atomic E-state index is 0.0284. The number of nitrogens with zero attached hydrogens (tertiary/aromatic N) is 1. The molecular formula is C14H19NO2. The molecule has 0 spiro atoms. The van der Waals surface area contributed by atoms with Gasteiger partial charge < -0.3 is 9.64 Å². The standard InChI is InChI=1S/C14H19NO2/c1-10-4-5-13(11(2)8-10)15(3)14(16)12-6-7-17-9-12/h4-5,8,12H,6-7,9H2,1-3H3. The first-order valence-corrected chi connectivity index (χ1v) is 6.02. The molecule has 1 aliphatic rings. The second-order valence-corrected chi connectivity index (χ2v) is 4.75. The Morgan fingerprint density at radius 2 is 2.18 bits per heavy atom. The molecule has 1 aliphatic heterocycles. The molecule has 1 amide bonds. The maximum Gasteiger partial charge on any atom is 0.232 e. The van der Waals surface area contributed by atoms with Crippen LogP contribution in [0.15, 0.2) is 18.2 Å². The molecule has 17 heavy (non-hydrogen) atoms. The van der Waals surface area contributed by atoms with E-state index >= 15 is 0 Å². The summed E-state index contributed by atoms with van der Waals surface area (Å²) < 4.78 is 5.27. The van der Waals surface area contributed by atoms with E-state index in [0.29, 0.717) is 13.2 Å². The minimum atomic E-state index is 0.0284. The molecule has 92 valence electrons. The number of ether oxygens (including phenoxy) is 1. The summed E-state index contributed by atoms with van der Waals surface area (Å²) in [4.78, 5) is 14.0. The highest BCUT2D eigenvalue weighted by Gasteiger charge is 2.27. The predicted octanol–water partition coefficient (Wildman–Crippen LogP) is 2.30. The molecule has 0 N–H and O–H groups in total. The molecule has 3 heteroatoms. The van der Waals surface area contributed by atoms with Crippen LogP contribution in [0.4, 0.5) is 5.69 Å². The number of amides is 1. The van der Waals surface area contributed by atoms with Crippen molar-refractivity contribution in [1.29, 1.82) is 0 Å². The lowest BCUT2D eigenvalue weighted by molar-refractivity contribution is -0.122. The SMILES string of the molecule is Cc1ccc(N(C)C(=O)C2CCOC2)c(C)c1. The topological polar surface area (TPSA) is 29.5 Å². The van der Waals surface area contributed by atoms with Gasteiger partial charge in [0.1, 0.15) is 0 Å². The van der Waals surface area contributed by atoms with Crippen LogP contribution in [0.1, 0.15) is 17.5 Å². The van der Waals surface area contributed by atoms with E-state index in [1.165, 1.54) is 5.56 Å². The largest absolute Gasteiger partial charge is 0.381 e. The summed E-state index contributed by atoms with van der Waals surface area (Å²) in [6.07, 6.45) is 0.841. The molecule has 0 saturated carbocycles. The summed E-state index contributed by atoms with van der Waals surface area (Å²) in [5, 5.41) is 0. The normalized spacial score (nSPS) is 19.4. The Bertz CT molecular complexity index is 422. The molecule has 1 aromatic carbocycles. The van der Waals surface area contributed by atoms with Gasteiger partial charge >= 0.3 is 0 Å². The molecule has 1 saturated heterocycles. The van der Waals surface area contributed by atoms with Crippen molar-refractivity contribution in [1.82, 2.24) is 0 Å². The van der Waals surface area contributed by atoms with Crippen molar-refractivity contribution in [3.05, 3.63) is 29.3 Å². The third-order valence-electron chi connectivity index (χ3n) is 3.32. The number of carbonyl (C=O) groups excluding carboxylic acids is 1. The molecule has 1 aromatic rings. The molecule has 1 heterocycles. The zero-order chi connectivity index (χ0) is 12.4. The van der Waals surface area contributed by atoms with Crippen molar-refractivity contribution in [2.45, 2.75) is 20.3 Å². The third kappa shape index (κ3) is 2.50. The molecule has 3 nitrogen and oxygen atoms in total. The first-order chi connectivity index (χ1) is 8.09. The molecule has 1 unspecified atom stereocenters. The van der Waals surface area contributed by atoms with Crippen molar-refractivity contribution in [3.63, 3.8) is 0 Å². The maximum absolute atomic E-state index is 12.2. The Kier molecular flexibility index (Phi) is 3.48. The molecule has 0 bridgehead atoms. The number of anilines is 1. The number of rotatable bonds is 2. The average Bonchev–Trinajstić information content (AvgIpc) is 2.80. The van der Waals surface area contributed by atoms with Crippen molar-refractivity contribution in [2.24, 2.45) is 5.92 Å². The van der Waals surface area contributed by atoms with E-state index in [1.807, 2.05) is 26.1 Å². The first kappa shape index (κ1) is 12.1. The lowest BCUT2D eigenvalue weighted by atomic mass is 10.1. The van der Waals surface area contributed by atoms with Crippen LogP contribution in [-0.4, -0.2) is 26.2 Å². The summed E-state index contributed by atoms with van der Waals surface area (Å²) in [6.45, 7) is 5.37. The highest BCUT2D eigenvalue weighted by molar-refractivity contribution is 5.95. The van der Waals surface area contributed by atoms with Gasteiger partial charge in [-0.15, -0.1) is 0 Å². The lowest BCUT2D eigenvalue weighted by Crippen LogP contribution is -2.33. The van der Waals surface area contributed by atoms with Gasteiger partial charge in [-0.3, -0.25) is 4.79 Å². The van der Waals surface area contributed by atoms with Gasteiger partial charge in [0, 0.05) is 19.3 Å². The highest BCUT2D eigenvalue weighted by atomic mass is 16.5. The van der Waals surface area contributed by atoms with E-state index in [2.05, 4.69) is 13.0 Å². The predicted molar refractivity (Wildman–Crippen MR) is 68.3 cm³/mol. The van der Waals surface area contributed by atoms with Crippen LogP contribution in [0.25, 0.3) is 0 Å². The fraction of sp³-hybridized carbons (Fsp3) is 0.500. The van der Waals surface area contributed by atoms with Crippen LogP contribution >= 0.6 is 0 Å². The van der Waals surface area contributed by atoms with Crippen molar-refractivity contribution in [2.75, 3.05) is 25.2 Å². The van der Waals surface area contributed by atoms with Gasteiger partial charge in [-0.2, -0.15) is 0 Å². The summed E-state index contributed by atoms with van der Waals surface area (Å²) in [7, 11) is 1.85. The number of hydrogen-bond donors (Lipinski definition) is 0. The second-order valence-electron chi connectivity index (χ2n) is 4.75. The highest BCUT2D eigenvalue weighted by Crippen LogP contribution is 2.23. The average molecular weight is 233 g/mol. The fourth-order valence-electron chi connectivity index (χ4n) is 2.30. The van der Waals surface area contributed by atoms with E-state index < -0.39 is 0 Å². The zero-order valence-electron chi connectivity index (χ0n) is 10.7. The summed E-state index contributed by atoms with van der Waals surface area (Å²) in [5.41, 5.74) is 3.35. The van der Waals surface area contributed by atoms with Crippen LogP contribution < -0.4 is 4.90 Å². The number of carbonyl (C=O) groups is 1. The maximum atomic E-state index is 12.2. The van der Waals surface area contributed by atoms with Crippen LogP contribution in [0.5, 0.6) is 0 Å². The number of benzene rings is 1. The summed E-state index contributed by atoms with van der Waals surface area (Å²) >= 11 is 0. The van der Waals surface area contributed by atoms with Crippen LogP contribution in [0.3, 0.4) is 0 Å². The fourth-order valence-corrected chi connectivity index (χ4v) is 2.30. The molecular weight excluding hydrogens is 214 g/mol. The van der Waals surface area contributed by atoms with E-state index in [-0.39, 0.29) is 11.8 Å². The Morgan fingerprint density at radius 1 is 1.41 bits per heavy atom. The van der Waals surface area contributed by atoms with Crippen LogP contribution in [-0.2, 0) is 9.53 Å². The first-order valence-electron chi connectivity index (χ1n) is 6.02. The minimum Gasteiger partial charge on any atom is -0.381 e. The monoisotopic (exact) mass is 233 g/mol. The van der Waals surface area contributed by atoms with Crippen LogP contribution in [0.2, 0.25) is 0 Å². The third-order valence-corrected chi connectivity index (χ3v) is 3.32. The van der Waals surface area contributed by atoms with E-state index in [9.17, 15) is 4.79 Å². The molecule has 1 atom stereocenters. The van der Waals surface area contributed by atoms with Gasteiger partial charge in [-0.1, -0.05) is 17.7 Å². The molecule has 0 aromatic heterocycles. The summed E-state index contributed by atoms with van der Waals surface area (Å²) in [6, 6.07) is 6.15. The number of aryl methyl sites for hydroxylation is 2. The van der Waals surface area contributed by atoms with E-state index in [1.54, 1.807) is 4.90 Å². The molecule has 1 fully saturated rings. The molecule has 0 radical (unpaired) electrons. The van der Waals surface area contributed by atoms with Gasteiger partial charge in [0.2, 0.25) is 5.91 Å². The molecule has 0 aliphatic carbocycles. The number of hydrogen-bond acceptors (Lipinski definition) is 2. The molecule has 2 rings (SSSR count). The Labute approximate surface area is 102 Å². The van der Waals surface area contributed by atoms with Gasteiger partial charge in [-0.25, -0.2) is 0 Å². The lowest BCUT2D eigenvalue weighted by Gasteiger charge is -2.22. The van der Waals surface area contributed by atoms with E-state index in [0.717, 1.165) is 17.7 Å². The Balaban J connectivity index is 2.18. The summed E-state index contributed by atoms with van der Waals surface area (Å²) in [5.74, 6) is 0.190. The second kappa shape index (κ2) is 4.88. The van der Waals surface area contributed by atoms with Crippen LogP contribution in [0, 0.1) is 19.8 Å². The van der Waals surface area contributed by atoms with Crippen molar-refractivity contribution >= 4 is 11.6 Å². The van der Waals surface area contributed by atoms with Gasteiger partial charge in [0.25, 0.3) is 0 Å². The quantitative estimate of drug-likeness (QED) is 0.784. The smallest absolute Gasteiger partial charge is 0.232 e. The Hall–Kier alpha value is -1.35. The van der Waals surface area contributed by atoms with Crippen molar-refractivity contribution in [3.8, 4) is 0 Å².